The van der Waals surface area contributed by atoms with Crippen molar-refractivity contribution in [3.05, 3.63) is 75.7 Å². The third-order valence-corrected chi connectivity index (χ3v) is 6.97. The van der Waals surface area contributed by atoms with E-state index in [2.05, 4.69) is 9.72 Å². The van der Waals surface area contributed by atoms with Gasteiger partial charge in [0.25, 0.3) is 5.56 Å². The first kappa shape index (κ1) is 24.9. The molecule has 0 atom stereocenters. The van der Waals surface area contributed by atoms with Crippen LogP contribution in [0.25, 0.3) is 28.2 Å². The van der Waals surface area contributed by atoms with Crippen LogP contribution < -0.4 is 19.8 Å². The number of para-hydroxylation sites is 1. The van der Waals surface area contributed by atoms with Crippen molar-refractivity contribution in [1.82, 2.24) is 9.38 Å². The van der Waals surface area contributed by atoms with Gasteiger partial charge in [0, 0.05) is 17.1 Å². The molecule has 37 heavy (non-hydrogen) atoms. The van der Waals surface area contributed by atoms with Gasteiger partial charge in [-0.05, 0) is 54.7 Å². The second-order valence-corrected chi connectivity index (χ2v) is 9.50. The molecule has 2 aromatic carbocycles. The molecule has 2 aromatic heterocycles. The van der Waals surface area contributed by atoms with Crippen LogP contribution in [0.2, 0.25) is 0 Å². The number of hydrogen-bond donors (Lipinski definition) is 0. The first-order chi connectivity index (χ1) is 17.8. The lowest BCUT2D eigenvalue weighted by Crippen LogP contribution is -2.19. The third-order valence-electron chi connectivity index (χ3n) is 6.21. The van der Waals surface area contributed by atoms with Crippen molar-refractivity contribution in [3.8, 4) is 28.4 Å². The van der Waals surface area contributed by atoms with Crippen molar-refractivity contribution in [2.24, 2.45) is 5.92 Å². The summed E-state index contributed by atoms with van der Waals surface area (Å²) < 4.78 is 54.8. The van der Waals surface area contributed by atoms with Gasteiger partial charge in [-0.25, -0.2) is 4.98 Å². The zero-order valence-electron chi connectivity index (χ0n) is 19.8. The molecule has 1 aliphatic rings. The second-order valence-electron chi connectivity index (χ2n) is 8.62. The minimum Gasteiger partial charge on any atom is -0.493 e. The first-order valence-electron chi connectivity index (χ1n) is 11.7. The Balaban J connectivity index is 1.54. The number of halogens is 3. The maximum absolute atomic E-state index is 13.4. The van der Waals surface area contributed by atoms with E-state index in [1.165, 1.54) is 46.4 Å². The molecule has 0 spiro atoms. The van der Waals surface area contributed by atoms with Gasteiger partial charge < -0.3 is 14.2 Å². The van der Waals surface area contributed by atoms with Crippen molar-refractivity contribution in [2.45, 2.75) is 25.6 Å². The Labute approximate surface area is 214 Å². The van der Waals surface area contributed by atoms with Gasteiger partial charge in [0.1, 0.15) is 5.75 Å². The van der Waals surface area contributed by atoms with E-state index in [4.69, 9.17) is 9.47 Å². The summed E-state index contributed by atoms with van der Waals surface area (Å²) in [6, 6.07) is 10.7. The van der Waals surface area contributed by atoms with E-state index in [1.807, 2.05) is 18.2 Å². The number of methoxy groups -OCH3 is 1. The summed E-state index contributed by atoms with van der Waals surface area (Å²) in [4.78, 5) is 18.5. The molecule has 2 heterocycles. The number of benzene rings is 2. The molecule has 0 saturated heterocycles. The summed E-state index contributed by atoms with van der Waals surface area (Å²) >= 11 is 1.31. The van der Waals surface area contributed by atoms with Gasteiger partial charge in [-0.2, -0.15) is 0 Å². The highest BCUT2D eigenvalue weighted by Gasteiger charge is 2.31. The standard InChI is InChI=1S/C27H23F3N2O4S/c1-34-22-7-3-6-19(24(22)35-16-17-4-2-5-17)10-13-21-23(25(33)32-14-15-37-26(32)31-21)18-8-11-20(12-9-18)36-27(28,29)30/h3,6-15,17H,2,4-5,16H2,1H3. The summed E-state index contributed by atoms with van der Waals surface area (Å²) in [6.07, 6.45) is 3.82. The van der Waals surface area contributed by atoms with Crippen LogP contribution in [0.3, 0.4) is 0 Å². The molecule has 1 aliphatic carbocycles. The summed E-state index contributed by atoms with van der Waals surface area (Å²) in [5.74, 6) is 1.37. The quantitative estimate of drug-likeness (QED) is 0.255. The van der Waals surface area contributed by atoms with Crippen molar-refractivity contribution in [1.29, 1.82) is 0 Å². The van der Waals surface area contributed by atoms with Gasteiger partial charge in [-0.15, -0.1) is 24.5 Å². The second kappa shape index (κ2) is 10.3. The van der Waals surface area contributed by atoms with Gasteiger partial charge in [0.2, 0.25) is 0 Å². The number of thiazole rings is 1. The van der Waals surface area contributed by atoms with Gasteiger partial charge in [-0.3, -0.25) is 9.20 Å². The van der Waals surface area contributed by atoms with Gasteiger partial charge in [0.15, 0.2) is 16.5 Å². The number of nitrogens with zero attached hydrogens (tertiary/aromatic N) is 2. The molecule has 10 heteroatoms. The highest BCUT2D eigenvalue weighted by molar-refractivity contribution is 7.15. The number of alkyl halides is 3. The molecule has 0 unspecified atom stereocenters. The molecule has 0 radical (unpaired) electrons. The van der Waals surface area contributed by atoms with Crippen LogP contribution in [-0.4, -0.2) is 29.5 Å². The number of aromatic nitrogens is 2. The van der Waals surface area contributed by atoms with Crippen LogP contribution in [0.1, 0.15) is 30.5 Å². The largest absolute Gasteiger partial charge is 0.573 e. The molecule has 6 nitrogen and oxygen atoms in total. The Morgan fingerprint density at radius 3 is 2.59 bits per heavy atom. The molecule has 4 aromatic rings. The van der Waals surface area contributed by atoms with Crippen LogP contribution in [-0.2, 0) is 0 Å². The van der Waals surface area contributed by atoms with Crippen molar-refractivity contribution < 1.29 is 27.4 Å². The maximum atomic E-state index is 13.4. The Morgan fingerprint density at radius 2 is 1.92 bits per heavy atom. The molecule has 192 valence electrons. The van der Waals surface area contributed by atoms with E-state index in [0.29, 0.717) is 40.2 Å². The fraction of sp³-hybridized carbons (Fsp3) is 0.259. The van der Waals surface area contributed by atoms with Crippen molar-refractivity contribution in [2.75, 3.05) is 13.7 Å². The summed E-state index contributed by atoms with van der Waals surface area (Å²) in [5.41, 5.74) is 1.48. The summed E-state index contributed by atoms with van der Waals surface area (Å²) in [6.45, 7) is 0.597. The number of fused-ring (bicyclic) bond motifs is 1. The number of hydrogen-bond acceptors (Lipinski definition) is 6. The summed E-state index contributed by atoms with van der Waals surface area (Å²) in [7, 11) is 1.58. The Hall–Kier alpha value is -3.79. The molecule has 0 aliphatic heterocycles. The molecule has 1 fully saturated rings. The molecule has 0 bridgehead atoms. The first-order valence-corrected chi connectivity index (χ1v) is 12.5. The smallest absolute Gasteiger partial charge is 0.493 e. The predicted molar refractivity (Wildman–Crippen MR) is 136 cm³/mol. The fourth-order valence-electron chi connectivity index (χ4n) is 4.12. The van der Waals surface area contributed by atoms with Crippen LogP contribution in [0, 0.1) is 5.92 Å². The lowest BCUT2D eigenvalue weighted by molar-refractivity contribution is -0.274. The molecular weight excluding hydrogens is 505 g/mol. The van der Waals surface area contributed by atoms with Gasteiger partial charge >= 0.3 is 6.36 Å². The topological polar surface area (TPSA) is 62.1 Å². The average molecular weight is 529 g/mol. The number of rotatable bonds is 8. The molecule has 0 amide bonds. The Morgan fingerprint density at radius 1 is 1.14 bits per heavy atom. The summed E-state index contributed by atoms with van der Waals surface area (Å²) in [5, 5.41) is 1.75. The molecule has 0 N–H and O–H groups in total. The Bertz CT molecular complexity index is 1490. The van der Waals surface area contributed by atoms with Crippen LogP contribution >= 0.6 is 11.3 Å². The van der Waals surface area contributed by atoms with E-state index in [1.54, 1.807) is 30.8 Å². The lowest BCUT2D eigenvalue weighted by Gasteiger charge is -2.26. The zero-order chi connectivity index (χ0) is 26.0. The van der Waals surface area contributed by atoms with Crippen molar-refractivity contribution in [3.63, 3.8) is 0 Å². The van der Waals surface area contributed by atoms with Crippen LogP contribution in [0.4, 0.5) is 13.2 Å². The van der Waals surface area contributed by atoms with Crippen LogP contribution in [0.15, 0.2) is 58.8 Å². The Kier molecular flexibility index (Phi) is 6.92. The zero-order valence-corrected chi connectivity index (χ0v) is 20.6. The van der Waals surface area contributed by atoms with E-state index >= 15 is 0 Å². The normalized spacial score (nSPS) is 14.2. The van der Waals surface area contributed by atoms with E-state index in [0.717, 1.165) is 18.4 Å². The van der Waals surface area contributed by atoms with E-state index < -0.39 is 6.36 Å². The third kappa shape index (κ3) is 5.48. The van der Waals surface area contributed by atoms with Gasteiger partial charge in [0.05, 0.1) is 25.0 Å². The minimum absolute atomic E-state index is 0.255. The van der Waals surface area contributed by atoms with Crippen LogP contribution in [0.5, 0.6) is 17.2 Å². The number of ether oxygens (including phenoxy) is 3. The fourth-order valence-corrected chi connectivity index (χ4v) is 4.83. The highest BCUT2D eigenvalue weighted by atomic mass is 32.1. The van der Waals surface area contributed by atoms with E-state index in [9.17, 15) is 18.0 Å². The predicted octanol–water partition coefficient (Wildman–Crippen LogP) is 6.68. The molecular formula is C27H23F3N2O4S. The molecule has 5 rings (SSSR count). The lowest BCUT2D eigenvalue weighted by atomic mass is 9.86. The maximum Gasteiger partial charge on any atom is 0.573 e. The van der Waals surface area contributed by atoms with E-state index in [-0.39, 0.29) is 16.9 Å². The average Bonchev–Trinajstić information content (AvgIpc) is 3.31. The minimum atomic E-state index is -4.80. The van der Waals surface area contributed by atoms with Gasteiger partial charge in [-0.1, -0.05) is 30.7 Å². The highest BCUT2D eigenvalue weighted by Crippen LogP contribution is 2.35. The monoisotopic (exact) mass is 528 g/mol. The van der Waals surface area contributed by atoms with Crippen molar-refractivity contribution >= 4 is 28.4 Å². The molecule has 1 saturated carbocycles. The SMILES string of the molecule is COc1cccc(C=Cc2nc3sccn3c(=O)c2-c2ccc(OC(F)(F)F)cc2)c1OCC1CCC1.